The van der Waals surface area contributed by atoms with Crippen LogP contribution in [-0.2, 0) is 19.7 Å². The molecule has 6 rings (SSSR count). The minimum atomic E-state index is -0.471. The van der Waals surface area contributed by atoms with E-state index in [2.05, 4.69) is 31.5 Å². The van der Waals surface area contributed by atoms with Crippen molar-refractivity contribution in [1.82, 2.24) is 14.5 Å². The standard InChI is InChI=1S/C33H30BrF2N5O2/c34-24-15-29(36)32-30(16-24)41(21-33(8-9-33)10-11-37)31(39-32)19-40-12-6-25(7-13-40)43-27-3-1-2-26(17-27)42-20-23-5-4-22(18-38)14-28(23)35/h1-5,14-17,25H,6-10,12-13,19-21H2. The lowest BCUT2D eigenvalue weighted by molar-refractivity contribution is 0.0943. The summed E-state index contributed by atoms with van der Waals surface area (Å²) in [4.78, 5) is 7.05. The summed E-state index contributed by atoms with van der Waals surface area (Å²) in [7, 11) is 0. The maximum absolute atomic E-state index is 14.9. The summed E-state index contributed by atoms with van der Waals surface area (Å²) < 4.78 is 43.9. The molecular weight excluding hydrogens is 616 g/mol. The number of hydrogen-bond acceptors (Lipinski definition) is 6. The molecule has 220 valence electrons. The van der Waals surface area contributed by atoms with Crippen LogP contribution in [0, 0.1) is 39.7 Å². The molecule has 0 atom stereocenters. The molecule has 0 spiro atoms. The van der Waals surface area contributed by atoms with E-state index in [9.17, 15) is 14.0 Å². The van der Waals surface area contributed by atoms with E-state index in [4.69, 9.17) is 19.7 Å². The Bertz CT molecular complexity index is 1730. The number of benzene rings is 3. The zero-order chi connectivity index (χ0) is 30.0. The van der Waals surface area contributed by atoms with E-state index in [1.165, 1.54) is 12.1 Å². The van der Waals surface area contributed by atoms with E-state index >= 15 is 0 Å². The Labute approximate surface area is 257 Å². The van der Waals surface area contributed by atoms with E-state index in [0.717, 1.165) is 50.1 Å². The highest BCUT2D eigenvalue weighted by Gasteiger charge is 2.43. The van der Waals surface area contributed by atoms with Crippen molar-refractivity contribution < 1.29 is 18.3 Å². The molecule has 0 N–H and O–H groups in total. The molecule has 2 aliphatic rings. The van der Waals surface area contributed by atoms with Crippen LogP contribution in [0.4, 0.5) is 8.78 Å². The Morgan fingerprint density at radius 2 is 1.79 bits per heavy atom. The van der Waals surface area contributed by atoms with Gasteiger partial charge in [0.2, 0.25) is 0 Å². The first-order valence-electron chi connectivity index (χ1n) is 14.4. The van der Waals surface area contributed by atoms with E-state index in [1.54, 1.807) is 24.3 Å². The summed E-state index contributed by atoms with van der Waals surface area (Å²) in [5, 5.41) is 18.3. The molecule has 43 heavy (non-hydrogen) atoms. The summed E-state index contributed by atoms with van der Waals surface area (Å²) in [5.41, 5.74) is 1.72. The first-order valence-corrected chi connectivity index (χ1v) is 15.2. The summed E-state index contributed by atoms with van der Waals surface area (Å²) in [6.07, 6.45) is 4.15. The average Bonchev–Trinajstić information content (AvgIpc) is 3.68. The fraction of sp³-hybridized carbons (Fsp3) is 0.364. The molecule has 2 heterocycles. The van der Waals surface area contributed by atoms with Gasteiger partial charge in [0.25, 0.3) is 0 Å². The van der Waals surface area contributed by atoms with Gasteiger partial charge in [0.05, 0.1) is 29.8 Å². The Morgan fingerprint density at radius 1 is 1.00 bits per heavy atom. The molecule has 10 heteroatoms. The molecule has 1 aliphatic carbocycles. The highest BCUT2D eigenvalue weighted by Crippen LogP contribution is 2.50. The van der Waals surface area contributed by atoms with Crippen LogP contribution in [0.3, 0.4) is 0 Å². The normalized spacial score (nSPS) is 16.5. The highest BCUT2D eigenvalue weighted by molar-refractivity contribution is 9.10. The van der Waals surface area contributed by atoms with Gasteiger partial charge in [-0.05, 0) is 62.1 Å². The molecule has 1 saturated carbocycles. The van der Waals surface area contributed by atoms with Gasteiger partial charge in [-0.25, -0.2) is 13.8 Å². The Kier molecular flexibility index (Phi) is 8.34. The predicted octanol–water partition coefficient (Wildman–Crippen LogP) is 7.26. The quantitative estimate of drug-likeness (QED) is 0.180. The number of rotatable bonds is 10. The van der Waals surface area contributed by atoms with Gasteiger partial charge in [-0.3, -0.25) is 4.90 Å². The lowest BCUT2D eigenvalue weighted by Gasteiger charge is -2.32. The fourth-order valence-corrected chi connectivity index (χ4v) is 6.09. The number of ether oxygens (including phenoxy) is 2. The van der Waals surface area contributed by atoms with Crippen LogP contribution in [0.5, 0.6) is 11.5 Å². The number of halogens is 3. The van der Waals surface area contributed by atoms with Crippen LogP contribution < -0.4 is 9.47 Å². The molecule has 7 nitrogen and oxygen atoms in total. The van der Waals surface area contributed by atoms with Gasteiger partial charge in [-0.2, -0.15) is 10.5 Å². The molecule has 0 unspecified atom stereocenters. The molecule has 3 aromatic carbocycles. The van der Waals surface area contributed by atoms with Gasteiger partial charge in [-0.15, -0.1) is 0 Å². The second-order valence-corrected chi connectivity index (χ2v) is 12.4. The number of imidazole rings is 1. The second-order valence-electron chi connectivity index (χ2n) is 11.5. The highest BCUT2D eigenvalue weighted by atomic mass is 79.9. The lowest BCUT2D eigenvalue weighted by atomic mass is 10.0. The number of nitrogens with zero attached hydrogens (tertiary/aromatic N) is 5. The van der Waals surface area contributed by atoms with Crippen LogP contribution in [0.2, 0.25) is 0 Å². The fourth-order valence-electron chi connectivity index (χ4n) is 5.68. The van der Waals surface area contributed by atoms with Crippen molar-refractivity contribution in [3.63, 3.8) is 0 Å². The third-order valence-corrected chi connectivity index (χ3v) is 8.80. The predicted molar refractivity (Wildman–Crippen MR) is 160 cm³/mol. The summed E-state index contributed by atoms with van der Waals surface area (Å²) in [6.45, 7) is 2.91. The third-order valence-electron chi connectivity index (χ3n) is 8.34. The number of hydrogen-bond donors (Lipinski definition) is 0. The van der Waals surface area contributed by atoms with Crippen molar-refractivity contribution in [3.8, 4) is 23.6 Å². The van der Waals surface area contributed by atoms with Gasteiger partial charge < -0.3 is 14.0 Å². The van der Waals surface area contributed by atoms with Crippen molar-refractivity contribution in [2.75, 3.05) is 13.1 Å². The molecule has 2 fully saturated rings. The summed E-state index contributed by atoms with van der Waals surface area (Å²) in [6, 6.07) is 19.3. The molecule has 4 aromatic rings. The minimum Gasteiger partial charge on any atom is -0.490 e. The second kappa shape index (κ2) is 12.3. The van der Waals surface area contributed by atoms with E-state index in [0.29, 0.717) is 46.6 Å². The van der Waals surface area contributed by atoms with Gasteiger partial charge >= 0.3 is 0 Å². The van der Waals surface area contributed by atoms with Crippen molar-refractivity contribution in [1.29, 1.82) is 10.5 Å². The third kappa shape index (κ3) is 6.66. The number of piperidine rings is 1. The van der Waals surface area contributed by atoms with Gasteiger partial charge in [0, 0.05) is 47.6 Å². The van der Waals surface area contributed by atoms with E-state index < -0.39 is 5.82 Å². The van der Waals surface area contributed by atoms with Gasteiger partial charge in [-0.1, -0.05) is 28.1 Å². The molecule has 1 saturated heterocycles. The molecule has 0 amide bonds. The smallest absolute Gasteiger partial charge is 0.152 e. The number of nitriles is 2. The molecule has 1 aromatic heterocycles. The Hall–Kier alpha value is -3.99. The molecule has 1 aliphatic heterocycles. The minimum absolute atomic E-state index is 0.0278. The largest absolute Gasteiger partial charge is 0.490 e. The van der Waals surface area contributed by atoms with Crippen molar-refractivity contribution in [3.05, 3.63) is 87.7 Å². The molecule has 0 bridgehead atoms. The monoisotopic (exact) mass is 645 g/mol. The zero-order valence-electron chi connectivity index (χ0n) is 23.5. The maximum atomic E-state index is 14.9. The zero-order valence-corrected chi connectivity index (χ0v) is 25.1. The van der Waals surface area contributed by atoms with Crippen LogP contribution in [0.1, 0.15) is 49.1 Å². The average molecular weight is 647 g/mol. The Balaban J connectivity index is 1.07. The SMILES string of the molecule is N#CCC1(Cn2c(CN3CCC(Oc4cccc(OCc5ccc(C#N)cc5F)c4)CC3)nc3c(F)cc(Br)cc32)CC1. The van der Waals surface area contributed by atoms with Crippen LogP contribution >= 0.6 is 15.9 Å². The molecular formula is C33H30BrF2N5O2. The van der Waals surface area contributed by atoms with Crippen LogP contribution in [-0.4, -0.2) is 33.6 Å². The van der Waals surface area contributed by atoms with E-state index in [1.807, 2.05) is 24.3 Å². The van der Waals surface area contributed by atoms with Gasteiger partial charge in [0.1, 0.15) is 41.4 Å². The first-order chi connectivity index (χ1) is 20.8. The van der Waals surface area contributed by atoms with Crippen molar-refractivity contribution in [2.24, 2.45) is 5.41 Å². The number of fused-ring (bicyclic) bond motifs is 1. The maximum Gasteiger partial charge on any atom is 0.152 e. The van der Waals surface area contributed by atoms with Crippen LogP contribution in [0.25, 0.3) is 11.0 Å². The first kappa shape index (κ1) is 29.1. The summed E-state index contributed by atoms with van der Waals surface area (Å²) >= 11 is 3.43. The lowest BCUT2D eigenvalue weighted by Crippen LogP contribution is -2.38. The summed E-state index contributed by atoms with van der Waals surface area (Å²) in [5.74, 6) is 1.25. The topological polar surface area (TPSA) is 87.1 Å². The number of likely N-dealkylation sites (tertiary alicyclic amines) is 1. The van der Waals surface area contributed by atoms with Crippen LogP contribution in [0.15, 0.2) is 59.1 Å². The van der Waals surface area contributed by atoms with E-state index in [-0.39, 0.29) is 29.5 Å². The number of aromatic nitrogens is 2. The molecule has 0 radical (unpaired) electrons. The van der Waals surface area contributed by atoms with Crippen molar-refractivity contribution >= 4 is 27.0 Å². The van der Waals surface area contributed by atoms with Crippen molar-refractivity contribution in [2.45, 2.75) is 57.9 Å². The Morgan fingerprint density at radius 3 is 2.51 bits per heavy atom. The van der Waals surface area contributed by atoms with Gasteiger partial charge in [0.15, 0.2) is 5.82 Å².